The van der Waals surface area contributed by atoms with E-state index < -0.39 is 11.9 Å². The van der Waals surface area contributed by atoms with Crippen LogP contribution in [0.3, 0.4) is 0 Å². The molecular formula is C24H17NO6S. The lowest BCUT2D eigenvalue weighted by molar-refractivity contribution is 0.0699. The summed E-state index contributed by atoms with van der Waals surface area (Å²) < 4.78 is 16.9. The maximum Gasteiger partial charge on any atom is 0.339 e. The van der Waals surface area contributed by atoms with E-state index in [-0.39, 0.29) is 17.0 Å². The van der Waals surface area contributed by atoms with Crippen molar-refractivity contribution < 1.29 is 28.3 Å². The fraction of sp³-hybridized carbons (Fsp3) is 0.0833. The molecule has 3 aromatic heterocycles. The highest BCUT2D eigenvalue weighted by Gasteiger charge is 2.25. The van der Waals surface area contributed by atoms with Crippen LogP contribution in [0, 0.1) is 6.92 Å². The van der Waals surface area contributed by atoms with Gasteiger partial charge in [0, 0.05) is 16.2 Å². The zero-order valence-electron chi connectivity index (χ0n) is 17.1. The lowest BCUT2D eigenvalue weighted by Crippen LogP contribution is -2.13. The van der Waals surface area contributed by atoms with Crippen molar-refractivity contribution in [2.75, 3.05) is 12.4 Å². The molecule has 0 spiro atoms. The minimum Gasteiger partial charge on any atom is -0.493 e. The Balaban J connectivity index is 1.53. The number of amides is 1. The summed E-state index contributed by atoms with van der Waals surface area (Å²) in [7, 11) is 1.55. The molecule has 32 heavy (non-hydrogen) atoms. The number of carbonyl (C=O) groups excluding carboxylic acids is 1. The largest absolute Gasteiger partial charge is 0.493 e. The van der Waals surface area contributed by atoms with Gasteiger partial charge in [0.1, 0.15) is 16.9 Å². The van der Waals surface area contributed by atoms with Crippen LogP contribution in [-0.4, -0.2) is 24.1 Å². The molecule has 0 saturated carbocycles. The number of methoxy groups -OCH3 is 1. The molecule has 0 radical (unpaired) electrons. The van der Waals surface area contributed by atoms with Crippen LogP contribution in [0.5, 0.6) is 5.75 Å². The van der Waals surface area contributed by atoms with Crippen molar-refractivity contribution in [3.8, 4) is 16.4 Å². The number of rotatable bonds is 5. The van der Waals surface area contributed by atoms with Crippen molar-refractivity contribution in [3.63, 3.8) is 0 Å². The SMILES string of the molecule is COc1cc(C)cc2cc(-c3scc(NC(=O)c4cc5ccccc5o4)c3C(=O)O)oc12. The number of nitrogens with one attached hydrogen (secondary N) is 1. The Bertz CT molecular complexity index is 1470. The number of fused-ring (bicyclic) bond motifs is 2. The maximum absolute atomic E-state index is 12.7. The molecule has 2 N–H and O–H groups in total. The lowest BCUT2D eigenvalue weighted by atomic mass is 10.1. The van der Waals surface area contributed by atoms with Crippen LogP contribution < -0.4 is 10.1 Å². The monoisotopic (exact) mass is 447 g/mol. The van der Waals surface area contributed by atoms with Crippen molar-refractivity contribution in [1.29, 1.82) is 0 Å². The first kappa shape index (κ1) is 19.9. The Morgan fingerprint density at radius 2 is 1.88 bits per heavy atom. The van der Waals surface area contributed by atoms with Crippen LogP contribution in [0.25, 0.3) is 32.6 Å². The first-order chi connectivity index (χ1) is 15.4. The van der Waals surface area contributed by atoms with Crippen molar-refractivity contribution >= 4 is 50.8 Å². The van der Waals surface area contributed by atoms with Crippen molar-refractivity contribution in [2.24, 2.45) is 0 Å². The molecule has 7 nitrogen and oxygen atoms in total. The molecule has 0 bridgehead atoms. The summed E-state index contributed by atoms with van der Waals surface area (Å²) in [6, 6.07) is 14.4. The van der Waals surface area contributed by atoms with E-state index in [0.29, 0.717) is 27.6 Å². The molecule has 3 heterocycles. The average Bonchev–Trinajstić information content (AvgIpc) is 3.48. The first-order valence-electron chi connectivity index (χ1n) is 9.68. The summed E-state index contributed by atoms with van der Waals surface area (Å²) in [5.41, 5.74) is 2.23. The number of aromatic carboxylic acids is 1. The van der Waals surface area contributed by atoms with Gasteiger partial charge in [-0.05, 0) is 42.8 Å². The number of ether oxygens (including phenoxy) is 1. The van der Waals surface area contributed by atoms with Gasteiger partial charge in [-0.3, -0.25) is 4.79 Å². The van der Waals surface area contributed by atoms with E-state index in [9.17, 15) is 14.7 Å². The van der Waals surface area contributed by atoms with E-state index in [1.54, 1.807) is 30.7 Å². The summed E-state index contributed by atoms with van der Waals surface area (Å²) >= 11 is 1.17. The number of benzene rings is 2. The van der Waals surface area contributed by atoms with Gasteiger partial charge in [0.15, 0.2) is 17.1 Å². The van der Waals surface area contributed by atoms with Gasteiger partial charge < -0.3 is 24.0 Å². The van der Waals surface area contributed by atoms with Crippen LogP contribution >= 0.6 is 11.3 Å². The van der Waals surface area contributed by atoms with E-state index in [0.717, 1.165) is 16.3 Å². The van der Waals surface area contributed by atoms with E-state index in [1.165, 1.54) is 11.3 Å². The average molecular weight is 447 g/mol. The Hall–Kier alpha value is -4.04. The number of furan rings is 2. The molecule has 1 amide bonds. The molecule has 0 aliphatic rings. The second kappa shape index (κ2) is 7.58. The van der Waals surface area contributed by atoms with Crippen molar-refractivity contribution in [1.82, 2.24) is 0 Å². The zero-order chi connectivity index (χ0) is 22.4. The van der Waals surface area contributed by atoms with E-state index in [2.05, 4.69) is 5.32 Å². The van der Waals surface area contributed by atoms with Gasteiger partial charge in [-0.1, -0.05) is 18.2 Å². The molecule has 0 fully saturated rings. The molecule has 160 valence electrons. The van der Waals surface area contributed by atoms with Gasteiger partial charge in [-0.15, -0.1) is 11.3 Å². The predicted molar refractivity (Wildman–Crippen MR) is 122 cm³/mol. The summed E-state index contributed by atoms with van der Waals surface area (Å²) in [4.78, 5) is 25.2. The molecule has 0 unspecified atom stereocenters. The second-order valence-electron chi connectivity index (χ2n) is 7.26. The number of hydrogen-bond acceptors (Lipinski definition) is 6. The summed E-state index contributed by atoms with van der Waals surface area (Å²) in [6.07, 6.45) is 0. The number of carboxylic acid groups (broad SMARTS) is 1. The Morgan fingerprint density at radius 1 is 1.06 bits per heavy atom. The van der Waals surface area contributed by atoms with Gasteiger partial charge in [-0.25, -0.2) is 4.79 Å². The van der Waals surface area contributed by atoms with E-state index >= 15 is 0 Å². The second-order valence-corrected chi connectivity index (χ2v) is 8.14. The third kappa shape index (κ3) is 3.30. The quantitative estimate of drug-likeness (QED) is 0.334. The molecule has 0 aliphatic carbocycles. The van der Waals surface area contributed by atoms with E-state index in [1.807, 2.05) is 37.3 Å². The van der Waals surface area contributed by atoms with Gasteiger partial charge >= 0.3 is 5.97 Å². The molecule has 0 atom stereocenters. The minimum absolute atomic E-state index is 0.0470. The Morgan fingerprint density at radius 3 is 2.62 bits per heavy atom. The number of para-hydroxylation sites is 1. The highest BCUT2D eigenvalue weighted by atomic mass is 32.1. The summed E-state index contributed by atoms with van der Waals surface area (Å²) in [6.45, 7) is 1.94. The van der Waals surface area contributed by atoms with Crippen molar-refractivity contribution in [2.45, 2.75) is 6.92 Å². The van der Waals surface area contributed by atoms with Gasteiger partial charge in [-0.2, -0.15) is 0 Å². The highest BCUT2D eigenvalue weighted by Crippen LogP contribution is 2.41. The molecule has 0 saturated heterocycles. The Labute approximate surface area is 185 Å². The fourth-order valence-corrected chi connectivity index (χ4v) is 4.59. The smallest absolute Gasteiger partial charge is 0.339 e. The topological polar surface area (TPSA) is 102 Å². The Kier molecular flexibility index (Phi) is 4.71. The zero-order valence-corrected chi connectivity index (χ0v) is 17.9. The molecule has 8 heteroatoms. The lowest BCUT2D eigenvalue weighted by Gasteiger charge is -2.03. The fourth-order valence-electron chi connectivity index (χ4n) is 3.65. The third-order valence-corrected chi connectivity index (χ3v) is 6.07. The third-order valence-electron chi connectivity index (χ3n) is 5.07. The minimum atomic E-state index is -1.18. The van der Waals surface area contributed by atoms with Crippen LogP contribution in [0.2, 0.25) is 0 Å². The maximum atomic E-state index is 12.7. The highest BCUT2D eigenvalue weighted by molar-refractivity contribution is 7.14. The van der Waals surface area contributed by atoms with E-state index in [4.69, 9.17) is 13.6 Å². The number of aryl methyl sites for hydroxylation is 1. The van der Waals surface area contributed by atoms with Gasteiger partial charge in [0.05, 0.1) is 17.7 Å². The molecular weight excluding hydrogens is 430 g/mol. The van der Waals surface area contributed by atoms with Crippen molar-refractivity contribution in [3.05, 3.63) is 70.8 Å². The van der Waals surface area contributed by atoms with Crippen LogP contribution in [0.15, 0.2) is 62.7 Å². The number of thiophene rings is 1. The first-order valence-corrected chi connectivity index (χ1v) is 10.6. The molecule has 0 aliphatic heterocycles. The predicted octanol–water partition coefficient (Wildman–Crippen LogP) is 6.18. The number of carboxylic acids is 1. The van der Waals surface area contributed by atoms with Gasteiger partial charge in [0.25, 0.3) is 5.91 Å². The number of hydrogen-bond donors (Lipinski definition) is 2. The molecule has 5 rings (SSSR count). The number of carbonyl (C=O) groups is 2. The van der Waals surface area contributed by atoms with Crippen LogP contribution in [0.4, 0.5) is 5.69 Å². The summed E-state index contributed by atoms with van der Waals surface area (Å²) in [5, 5.41) is 15.7. The van der Waals surface area contributed by atoms with Crippen LogP contribution in [-0.2, 0) is 0 Å². The number of anilines is 1. The van der Waals surface area contributed by atoms with Gasteiger partial charge in [0.2, 0.25) is 0 Å². The normalized spacial score (nSPS) is 11.2. The summed E-state index contributed by atoms with van der Waals surface area (Å²) in [5.74, 6) is -0.660. The molecule has 5 aromatic rings. The molecule has 2 aromatic carbocycles. The standard InChI is InChI=1S/C24H17NO6S/c1-12-7-14-10-18(31-21(14)17(8-12)29-2)22-20(24(27)28)15(11-32-22)25-23(26)19-9-13-5-3-4-6-16(13)30-19/h3-11H,1-2H3,(H,25,26)(H,27,28). The van der Waals surface area contributed by atoms with Crippen LogP contribution in [0.1, 0.15) is 26.5 Å².